The fourth-order valence-corrected chi connectivity index (χ4v) is 3.42. The van der Waals surface area contributed by atoms with E-state index in [0.717, 1.165) is 24.5 Å². The fraction of sp³-hybridized carbons (Fsp3) is 1.00. The Morgan fingerprint density at radius 2 is 1.94 bits per heavy atom. The lowest BCUT2D eigenvalue weighted by Crippen LogP contribution is -2.38. The molecule has 2 heterocycles. The van der Waals surface area contributed by atoms with Gasteiger partial charge in [0.05, 0.1) is 6.10 Å². The van der Waals surface area contributed by atoms with E-state index >= 15 is 0 Å². The molecular formula is C14H27NO. The van der Waals surface area contributed by atoms with Crippen molar-refractivity contribution >= 4 is 0 Å². The summed E-state index contributed by atoms with van der Waals surface area (Å²) in [5.41, 5.74) is 0. The molecule has 2 aliphatic heterocycles. The molecule has 0 saturated carbocycles. The summed E-state index contributed by atoms with van der Waals surface area (Å²) in [6.45, 7) is 11.6. The average Bonchev–Trinajstić information content (AvgIpc) is 2.86. The summed E-state index contributed by atoms with van der Waals surface area (Å²) in [5.74, 6) is 1.56. The Hall–Kier alpha value is -0.0800. The van der Waals surface area contributed by atoms with E-state index in [2.05, 4.69) is 32.6 Å². The zero-order valence-corrected chi connectivity index (χ0v) is 11.3. The number of rotatable bonds is 3. The molecule has 0 aromatic carbocycles. The first-order valence-electron chi connectivity index (χ1n) is 6.97. The Labute approximate surface area is 100 Å². The number of likely N-dealkylation sites (tertiary alicyclic amines) is 1. The normalized spacial score (nSPS) is 36.8. The van der Waals surface area contributed by atoms with E-state index in [1.807, 2.05) is 0 Å². The minimum absolute atomic E-state index is 0.560. The maximum atomic E-state index is 5.87. The van der Waals surface area contributed by atoms with Gasteiger partial charge in [-0.05, 0) is 44.9 Å². The second kappa shape index (κ2) is 5.05. The quantitative estimate of drug-likeness (QED) is 0.732. The predicted molar refractivity (Wildman–Crippen MR) is 67.5 cm³/mol. The van der Waals surface area contributed by atoms with E-state index in [-0.39, 0.29) is 0 Å². The summed E-state index contributed by atoms with van der Waals surface area (Å²) in [6, 6.07) is 1.45. The molecule has 2 saturated heterocycles. The lowest BCUT2D eigenvalue weighted by atomic mass is 9.93. The van der Waals surface area contributed by atoms with Gasteiger partial charge in [-0.3, -0.25) is 4.90 Å². The van der Waals surface area contributed by atoms with E-state index in [1.165, 1.54) is 25.8 Å². The van der Waals surface area contributed by atoms with E-state index in [1.54, 1.807) is 0 Å². The predicted octanol–water partition coefficient (Wildman–Crippen LogP) is 2.92. The highest BCUT2D eigenvalue weighted by atomic mass is 16.5. The molecule has 94 valence electrons. The summed E-state index contributed by atoms with van der Waals surface area (Å²) >= 11 is 0. The molecule has 1 unspecified atom stereocenters. The third-order valence-corrected chi connectivity index (χ3v) is 4.34. The molecule has 16 heavy (non-hydrogen) atoms. The number of nitrogens with zero attached hydrogens (tertiary/aromatic N) is 1. The second-order valence-corrected chi connectivity index (χ2v) is 6.15. The molecule has 0 bridgehead atoms. The van der Waals surface area contributed by atoms with Crippen molar-refractivity contribution in [1.29, 1.82) is 0 Å². The smallest absolute Gasteiger partial charge is 0.0616 e. The zero-order valence-electron chi connectivity index (χ0n) is 11.3. The maximum Gasteiger partial charge on any atom is 0.0616 e. The zero-order chi connectivity index (χ0) is 11.7. The molecule has 2 fully saturated rings. The maximum absolute atomic E-state index is 5.87. The minimum atomic E-state index is 0.560. The van der Waals surface area contributed by atoms with Crippen LogP contribution in [0.5, 0.6) is 0 Å². The van der Waals surface area contributed by atoms with Gasteiger partial charge >= 0.3 is 0 Å². The highest BCUT2D eigenvalue weighted by molar-refractivity contribution is 4.92. The number of hydrogen-bond donors (Lipinski definition) is 0. The van der Waals surface area contributed by atoms with E-state index in [0.29, 0.717) is 12.1 Å². The van der Waals surface area contributed by atoms with Crippen LogP contribution in [0, 0.1) is 11.8 Å². The van der Waals surface area contributed by atoms with Gasteiger partial charge in [0, 0.05) is 25.2 Å². The van der Waals surface area contributed by atoms with Crippen LogP contribution in [0.4, 0.5) is 0 Å². The lowest BCUT2D eigenvalue weighted by molar-refractivity contribution is 0.0642. The van der Waals surface area contributed by atoms with Gasteiger partial charge in [-0.15, -0.1) is 0 Å². The first-order chi connectivity index (χ1) is 7.59. The monoisotopic (exact) mass is 225 g/mol. The van der Waals surface area contributed by atoms with E-state index in [4.69, 9.17) is 4.74 Å². The van der Waals surface area contributed by atoms with Gasteiger partial charge in [0.2, 0.25) is 0 Å². The Kier molecular flexibility index (Phi) is 3.91. The van der Waals surface area contributed by atoms with Crippen LogP contribution < -0.4 is 0 Å². The van der Waals surface area contributed by atoms with Crippen molar-refractivity contribution in [3.63, 3.8) is 0 Å². The topological polar surface area (TPSA) is 12.5 Å². The van der Waals surface area contributed by atoms with Gasteiger partial charge in [-0.2, -0.15) is 0 Å². The second-order valence-electron chi connectivity index (χ2n) is 6.15. The van der Waals surface area contributed by atoms with Gasteiger partial charge < -0.3 is 4.74 Å². The first kappa shape index (κ1) is 12.4. The molecule has 0 N–H and O–H groups in total. The molecule has 3 atom stereocenters. The Balaban J connectivity index is 1.99. The fourth-order valence-electron chi connectivity index (χ4n) is 3.42. The molecule has 2 nitrogen and oxygen atoms in total. The highest BCUT2D eigenvalue weighted by Gasteiger charge is 2.39. The summed E-state index contributed by atoms with van der Waals surface area (Å²) in [5, 5.41) is 0. The summed E-state index contributed by atoms with van der Waals surface area (Å²) in [6.07, 6.45) is 4.47. The van der Waals surface area contributed by atoms with Crippen LogP contribution in [0.2, 0.25) is 0 Å². The van der Waals surface area contributed by atoms with Crippen LogP contribution >= 0.6 is 0 Å². The standard InChI is InChI=1S/C14H27NO/c1-10(2)13-8-12(9-15(13)11(3)4)14-6-5-7-16-14/h10-14H,5-9H2,1-4H3/t12-,13-,14?/m0/s1. The van der Waals surface area contributed by atoms with Crippen LogP contribution in [0.25, 0.3) is 0 Å². The van der Waals surface area contributed by atoms with Gasteiger partial charge in [0.1, 0.15) is 0 Å². The molecular weight excluding hydrogens is 198 g/mol. The highest BCUT2D eigenvalue weighted by Crippen LogP contribution is 2.35. The van der Waals surface area contributed by atoms with Gasteiger partial charge in [-0.1, -0.05) is 13.8 Å². The van der Waals surface area contributed by atoms with Crippen LogP contribution in [0.3, 0.4) is 0 Å². The SMILES string of the molecule is CC(C)[C@@H]1C[C@H](C2CCCO2)CN1C(C)C. The summed E-state index contributed by atoms with van der Waals surface area (Å²) in [4.78, 5) is 2.69. The third kappa shape index (κ3) is 2.43. The molecule has 2 aliphatic rings. The minimum Gasteiger partial charge on any atom is -0.378 e. The summed E-state index contributed by atoms with van der Waals surface area (Å²) in [7, 11) is 0. The number of hydrogen-bond acceptors (Lipinski definition) is 2. The largest absolute Gasteiger partial charge is 0.378 e. The number of ether oxygens (including phenoxy) is 1. The Morgan fingerprint density at radius 1 is 1.19 bits per heavy atom. The average molecular weight is 225 g/mol. The molecule has 0 amide bonds. The van der Waals surface area contributed by atoms with Gasteiger partial charge in [-0.25, -0.2) is 0 Å². The molecule has 0 aromatic heterocycles. The van der Waals surface area contributed by atoms with Crippen molar-refractivity contribution in [2.75, 3.05) is 13.2 Å². The van der Waals surface area contributed by atoms with Crippen molar-refractivity contribution in [3.05, 3.63) is 0 Å². The molecule has 2 rings (SSSR count). The van der Waals surface area contributed by atoms with Crippen molar-refractivity contribution in [2.45, 2.75) is 65.1 Å². The Morgan fingerprint density at radius 3 is 2.38 bits per heavy atom. The van der Waals surface area contributed by atoms with Crippen molar-refractivity contribution in [1.82, 2.24) is 4.90 Å². The Bertz CT molecular complexity index is 205. The van der Waals surface area contributed by atoms with E-state index < -0.39 is 0 Å². The molecule has 0 radical (unpaired) electrons. The van der Waals surface area contributed by atoms with Gasteiger partial charge in [0.25, 0.3) is 0 Å². The molecule has 0 aliphatic carbocycles. The third-order valence-electron chi connectivity index (χ3n) is 4.34. The summed E-state index contributed by atoms with van der Waals surface area (Å²) < 4.78 is 5.87. The van der Waals surface area contributed by atoms with Crippen molar-refractivity contribution < 1.29 is 4.74 Å². The molecule has 2 heteroatoms. The molecule has 0 spiro atoms. The van der Waals surface area contributed by atoms with Crippen molar-refractivity contribution in [2.24, 2.45) is 11.8 Å². The van der Waals surface area contributed by atoms with Gasteiger partial charge in [0.15, 0.2) is 0 Å². The van der Waals surface area contributed by atoms with Crippen LogP contribution in [-0.4, -0.2) is 36.2 Å². The van der Waals surface area contributed by atoms with Crippen LogP contribution in [0.15, 0.2) is 0 Å². The molecule has 0 aromatic rings. The van der Waals surface area contributed by atoms with Crippen LogP contribution in [-0.2, 0) is 4.74 Å². The first-order valence-corrected chi connectivity index (χ1v) is 6.97. The van der Waals surface area contributed by atoms with Crippen LogP contribution in [0.1, 0.15) is 47.0 Å². The van der Waals surface area contributed by atoms with E-state index in [9.17, 15) is 0 Å². The lowest BCUT2D eigenvalue weighted by Gasteiger charge is -2.30. The van der Waals surface area contributed by atoms with Crippen molar-refractivity contribution in [3.8, 4) is 0 Å².